The van der Waals surface area contributed by atoms with Crippen LogP contribution in [0.3, 0.4) is 0 Å². The summed E-state index contributed by atoms with van der Waals surface area (Å²) < 4.78 is 30.2. The molecule has 1 saturated heterocycles. The first-order valence-electron chi connectivity index (χ1n) is 12.7. The zero-order valence-corrected chi connectivity index (χ0v) is 22.5. The molecule has 3 aromatic rings. The summed E-state index contributed by atoms with van der Waals surface area (Å²) in [5, 5.41) is 50.2. The number of ether oxygens (including phenoxy) is 3. The van der Waals surface area contributed by atoms with Crippen LogP contribution < -0.4 is 5.32 Å². The standard InChI is InChI=1S/C21H32N9O9P/c1-11-23-18(25-12-4-2-3-5-12)13-6-22-30(19(13)24-11)20-17(33)16(32)14(39-20)7-38-21(9-31,40(34,35)36)10-37-8-15-26-28-29-27-15/h6,12,14,16-17,20,31-33H,2-5,7-10H2,1H3,(H,23,24,25)(H2,34,35,36)(H,26,27,28,29)/t14-,16-,17-,20-,21?/m1/s1. The summed E-state index contributed by atoms with van der Waals surface area (Å²) in [6.45, 7) is -1.00. The van der Waals surface area contributed by atoms with E-state index in [4.69, 9.17) is 14.2 Å². The van der Waals surface area contributed by atoms with Crippen molar-refractivity contribution in [2.24, 2.45) is 0 Å². The van der Waals surface area contributed by atoms with Crippen LogP contribution in [-0.2, 0) is 25.4 Å². The number of nitrogens with one attached hydrogen (secondary N) is 2. The van der Waals surface area contributed by atoms with Gasteiger partial charge in [-0.3, -0.25) is 4.57 Å². The van der Waals surface area contributed by atoms with Crippen molar-refractivity contribution in [3.63, 3.8) is 0 Å². The molecule has 2 aliphatic rings. The van der Waals surface area contributed by atoms with E-state index in [9.17, 15) is 29.7 Å². The summed E-state index contributed by atoms with van der Waals surface area (Å²) in [5.74, 6) is 1.20. The van der Waals surface area contributed by atoms with Crippen molar-refractivity contribution in [2.75, 3.05) is 25.1 Å². The molecule has 0 aromatic carbocycles. The van der Waals surface area contributed by atoms with Gasteiger partial charge in [-0.05, 0) is 19.8 Å². The highest BCUT2D eigenvalue weighted by molar-refractivity contribution is 7.53. The maximum absolute atomic E-state index is 12.3. The highest BCUT2D eigenvalue weighted by atomic mass is 31.2. The number of fused-ring (bicyclic) bond motifs is 1. The SMILES string of the molecule is Cc1nc(NC2CCCC2)c2cnn([C@@H]3O[C@H](COC(CO)(COCc4nn[nH]n4)P(=O)(O)O)[C@@H](O)[C@H]3O)c2n1. The lowest BCUT2D eigenvalue weighted by Crippen LogP contribution is -2.45. The van der Waals surface area contributed by atoms with E-state index in [1.165, 1.54) is 4.68 Å². The zero-order chi connectivity index (χ0) is 28.5. The van der Waals surface area contributed by atoms with Crippen LogP contribution in [0.25, 0.3) is 11.0 Å². The van der Waals surface area contributed by atoms with Gasteiger partial charge in [0.25, 0.3) is 0 Å². The lowest BCUT2D eigenvalue weighted by Gasteiger charge is -2.33. The first kappa shape index (κ1) is 28.8. The highest BCUT2D eigenvalue weighted by Gasteiger charge is 2.51. The van der Waals surface area contributed by atoms with Crippen LogP contribution >= 0.6 is 7.60 Å². The van der Waals surface area contributed by atoms with Gasteiger partial charge in [0.1, 0.15) is 36.6 Å². The number of hydrogen-bond donors (Lipinski definition) is 7. The summed E-state index contributed by atoms with van der Waals surface area (Å²) in [7, 11) is -5.13. The zero-order valence-electron chi connectivity index (χ0n) is 21.6. The molecule has 220 valence electrons. The fraction of sp³-hybridized carbons (Fsp3) is 0.714. The van der Waals surface area contributed by atoms with Crippen LogP contribution in [0, 0.1) is 6.92 Å². The predicted octanol–water partition coefficient (Wildman–Crippen LogP) is -1.28. The van der Waals surface area contributed by atoms with Crippen LogP contribution in [0.4, 0.5) is 5.82 Å². The molecule has 0 amide bonds. The molecule has 0 radical (unpaired) electrons. The first-order valence-corrected chi connectivity index (χ1v) is 14.3. The minimum atomic E-state index is -5.13. The number of aryl methyl sites for hydroxylation is 1. The van der Waals surface area contributed by atoms with Crippen LogP contribution in [0.5, 0.6) is 0 Å². The van der Waals surface area contributed by atoms with Gasteiger partial charge in [-0.15, -0.1) is 10.2 Å². The van der Waals surface area contributed by atoms with E-state index in [0.29, 0.717) is 22.7 Å². The lowest BCUT2D eigenvalue weighted by atomic mass is 10.1. The van der Waals surface area contributed by atoms with Crippen LogP contribution in [-0.4, -0.2) is 115 Å². The number of H-pyrrole nitrogens is 1. The third-order valence-electron chi connectivity index (χ3n) is 7.08. The first-order chi connectivity index (χ1) is 19.1. The average Bonchev–Trinajstić information content (AvgIpc) is 3.71. The van der Waals surface area contributed by atoms with E-state index in [0.717, 1.165) is 25.7 Å². The predicted molar refractivity (Wildman–Crippen MR) is 134 cm³/mol. The monoisotopic (exact) mass is 585 g/mol. The van der Waals surface area contributed by atoms with Crippen molar-refractivity contribution in [3.05, 3.63) is 17.8 Å². The largest absolute Gasteiger partial charge is 0.393 e. The van der Waals surface area contributed by atoms with E-state index in [-0.39, 0.29) is 18.5 Å². The van der Waals surface area contributed by atoms with E-state index in [1.807, 2.05) is 0 Å². The van der Waals surface area contributed by atoms with Gasteiger partial charge in [-0.25, -0.2) is 14.6 Å². The Bertz CT molecular complexity index is 1330. The molecule has 18 nitrogen and oxygen atoms in total. The Balaban J connectivity index is 1.31. The molecule has 40 heavy (non-hydrogen) atoms. The second-order valence-corrected chi connectivity index (χ2v) is 11.8. The second kappa shape index (κ2) is 11.7. The summed E-state index contributed by atoms with van der Waals surface area (Å²) in [4.78, 5) is 28.9. The number of aliphatic hydroxyl groups excluding tert-OH is 3. The van der Waals surface area contributed by atoms with Crippen LogP contribution in [0.15, 0.2) is 6.20 Å². The number of rotatable bonds is 12. The number of aromatic nitrogens is 8. The third-order valence-corrected chi connectivity index (χ3v) is 8.54. The van der Waals surface area contributed by atoms with E-state index < -0.39 is 57.3 Å². The Morgan fingerprint density at radius 2 is 2.02 bits per heavy atom. The van der Waals surface area contributed by atoms with Crippen molar-refractivity contribution in [2.45, 2.75) is 75.1 Å². The fourth-order valence-electron chi connectivity index (χ4n) is 4.84. The molecule has 4 heterocycles. The summed E-state index contributed by atoms with van der Waals surface area (Å²) >= 11 is 0. The second-order valence-electron chi connectivity index (χ2n) is 9.90. The minimum absolute atomic E-state index is 0.116. The molecule has 5 atom stereocenters. The number of anilines is 1. The lowest BCUT2D eigenvalue weighted by molar-refractivity contribution is -0.131. The van der Waals surface area contributed by atoms with Crippen molar-refractivity contribution < 1.29 is 43.9 Å². The van der Waals surface area contributed by atoms with Crippen molar-refractivity contribution in [3.8, 4) is 0 Å². The summed E-state index contributed by atoms with van der Waals surface area (Å²) in [6, 6.07) is 0.287. The van der Waals surface area contributed by atoms with Gasteiger partial charge < -0.3 is 44.6 Å². The molecule has 19 heteroatoms. The maximum Gasteiger partial charge on any atom is 0.361 e. The summed E-state index contributed by atoms with van der Waals surface area (Å²) in [5.41, 5.74) is 0.376. The molecule has 5 rings (SSSR count). The molecule has 0 bridgehead atoms. The average molecular weight is 586 g/mol. The Labute approximate surface area is 227 Å². The molecule has 3 aromatic heterocycles. The number of tetrazole rings is 1. The molecule has 1 aliphatic carbocycles. The number of nitrogens with zero attached hydrogens (tertiary/aromatic N) is 7. The molecular weight excluding hydrogens is 553 g/mol. The number of aromatic amines is 1. The molecule has 1 unspecified atom stereocenters. The Kier molecular flexibility index (Phi) is 8.42. The Hall–Kier alpha value is -2.67. The molecular formula is C21H32N9O9P. The quantitative estimate of drug-likeness (QED) is 0.122. The van der Waals surface area contributed by atoms with Gasteiger partial charge in [0.05, 0.1) is 31.4 Å². The Morgan fingerprint density at radius 3 is 2.70 bits per heavy atom. The van der Waals surface area contributed by atoms with Crippen molar-refractivity contribution in [1.29, 1.82) is 0 Å². The molecule has 1 saturated carbocycles. The highest BCUT2D eigenvalue weighted by Crippen LogP contribution is 2.51. The van der Waals surface area contributed by atoms with Crippen LogP contribution in [0.2, 0.25) is 0 Å². The van der Waals surface area contributed by atoms with E-state index in [1.54, 1.807) is 13.1 Å². The van der Waals surface area contributed by atoms with Crippen molar-refractivity contribution in [1.82, 2.24) is 40.4 Å². The van der Waals surface area contributed by atoms with Gasteiger partial charge in [0, 0.05) is 6.04 Å². The van der Waals surface area contributed by atoms with Gasteiger partial charge >= 0.3 is 7.60 Å². The van der Waals surface area contributed by atoms with Gasteiger partial charge in [-0.1, -0.05) is 18.1 Å². The Morgan fingerprint density at radius 1 is 1.25 bits per heavy atom. The molecule has 2 fully saturated rings. The van der Waals surface area contributed by atoms with E-state index >= 15 is 0 Å². The number of hydrogen-bond acceptors (Lipinski definition) is 14. The van der Waals surface area contributed by atoms with Crippen molar-refractivity contribution >= 4 is 24.4 Å². The van der Waals surface area contributed by atoms with Gasteiger partial charge in [-0.2, -0.15) is 10.3 Å². The smallest absolute Gasteiger partial charge is 0.361 e. The third kappa shape index (κ3) is 5.72. The molecule has 0 spiro atoms. The maximum atomic E-state index is 12.3. The molecule has 1 aliphatic heterocycles. The summed E-state index contributed by atoms with van der Waals surface area (Å²) in [6.07, 6.45) is 0.450. The van der Waals surface area contributed by atoms with E-state index in [2.05, 4.69) is 41.0 Å². The fourth-order valence-corrected chi connectivity index (χ4v) is 5.53. The van der Waals surface area contributed by atoms with Crippen LogP contribution in [0.1, 0.15) is 43.6 Å². The van der Waals surface area contributed by atoms with Gasteiger partial charge in [0.15, 0.2) is 17.7 Å². The molecule has 7 N–H and O–H groups in total. The number of aliphatic hydroxyl groups is 3. The minimum Gasteiger partial charge on any atom is -0.393 e. The normalized spacial score (nSPS) is 25.6. The van der Waals surface area contributed by atoms with Gasteiger partial charge in [0.2, 0.25) is 5.34 Å². The topological polar surface area (TPSA) is 256 Å².